The number of anilines is 3. The van der Waals surface area contributed by atoms with Gasteiger partial charge in [0.25, 0.3) is 0 Å². The van der Waals surface area contributed by atoms with Crippen LogP contribution >= 0.6 is 0 Å². The fourth-order valence-corrected chi connectivity index (χ4v) is 1.85. The molecule has 0 saturated heterocycles. The van der Waals surface area contributed by atoms with Gasteiger partial charge in [0.1, 0.15) is 11.6 Å². The SMILES string of the molecule is CC(=O)Nc1cccc(Nc2nnc(C)c(C)c2C#N)c1. The predicted octanol–water partition coefficient (Wildman–Crippen LogP) is 2.67. The lowest BCUT2D eigenvalue weighted by Gasteiger charge is -2.10. The minimum absolute atomic E-state index is 0.143. The zero-order chi connectivity index (χ0) is 15.4. The molecule has 2 aromatic rings. The van der Waals surface area contributed by atoms with Crippen LogP contribution in [0.25, 0.3) is 0 Å². The van der Waals surface area contributed by atoms with Crippen LogP contribution in [0.15, 0.2) is 24.3 Å². The fraction of sp³-hybridized carbons (Fsp3) is 0.200. The summed E-state index contributed by atoms with van der Waals surface area (Å²) in [7, 11) is 0. The van der Waals surface area contributed by atoms with Crippen LogP contribution in [0.1, 0.15) is 23.7 Å². The molecule has 21 heavy (non-hydrogen) atoms. The quantitative estimate of drug-likeness (QED) is 0.902. The summed E-state index contributed by atoms with van der Waals surface area (Å²) in [5.74, 6) is 0.261. The van der Waals surface area contributed by atoms with Crippen LogP contribution in [0.2, 0.25) is 0 Å². The second-order valence-electron chi connectivity index (χ2n) is 4.63. The third kappa shape index (κ3) is 3.34. The molecule has 0 radical (unpaired) electrons. The first-order valence-corrected chi connectivity index (χ1v) is 6.40. The summed E-state index contributed by atoms with van der Waals surface area (Å²) in [6, 6.07) is 9.30. The summed E-state index contributed by atoms with van der Waals surface area (Å²) in [5, 5.41) is 23.1. The number of nitrogens with one attached hydrogen (secondary N) is 2. The lowest BCUT2D eigenvalue weighted by molar-refractivity contribution is -0.114. The van der Waals surface area contributed by atoms with Gasteiger partial charge in [0.2, 0.25) is 5.91 Å². The smallest absolute Gasteiger partial charge is 0.221 e. The third-order valence-electron chi connectivity index (χ3n) is 3.01. The Kier molecular flexibility index (Phi) is 4.14. The second kappa shape index (κ2) is 6.01. The van der Waals surface area contributed by atoms with Crippen molar-refractivity contribution in [2.75, 3.05) is 10.6 Å². The zero-order valence-electron chi connectivity index (χ0n) is 12.1. The molecule has 6 heteroatoms. The van der Waals surface area contributed by atoms with E-state index in [4.69, 9.17) is 0 Å². The van der Waals surface area contributed by atoms with Crippen molar-refractivity contribution >= 4 is 23.1 Å². The Bertz CT molecular complexity index is 733. The van der Waals surface area contributed by atoms with E-state index in [9.17, 15) is 10.1 Å². The molecular formula is C15H15N5O. The highest BCUT2D eigenvalue weighted by molar-refractivity contribution is 5.89. The molecule has 1 aromatic heterocycles. The number of rotatable bonds is 3. The molecule has 0 aliphatic heterocycles. The minimum atomic E-state index is -0.143. The molecule has 6 nitrogen and oxygen atoms in total. The summed E-state index contributed by atoms with van der Waals surface area (Å²) < 4.78 is 0. The number of aryl methyl sites for hydroxylation is 1. The van der Waals surface area contributed by atoms with E-state index in [1.165, 1.54) is 6.92 Å². The molecule has 106 valence electrons. The van der Waals surface area contributed by atoms with Crippen LogP contribution < -0.4 is 10.6 Å². The van der Waals surface area contributed by atoms with E-state index < -0.39 is 0 Å². The van der Waals surface area contributed by atoms with Crippen molar-refractivity contribution in [2.45, 2.75) is 20.8 Å². The highest BCUT2D eigenvalue weighted by Crippen LogP contribution is 2.23. The number of carbonyl (C=O) groups is 1. The molecular weight excluding hydrogens is 266 g/mol. The largest absolute Gasteiger partial charge is 0.338 e. The number of nitriles is 1. The molecule has 0 unspecified atom stereocenters. The Morgan fingerprint density at radius 3 is 2.62 bits per heavy atom. The van der Waals surface area contributed by atoms with E-state index in [2.05, 4.69) is 26.9 Å². The first-order chi connectivity index (χ1) is 10.0. The van der Waals surface area contributed by atoms with Crippen molar-refractivity contribution in [2.24, 2.45) is 0 Å². The molecule has 1 heterocycles. The number of hydrogen-bond acceptors (Lipinski definition) is 5. The first-order valence-electron chi connectivity index (χ1n) is 6.40. The molecule has 0 aliphatic carbocycles. The van der Waals surface area contributed by atoms with Gasteiger partial charge >= 0.3 is 0 Å². The summed E-state index contributed by atoms with van der Waals surface area (Å²) in [4.78, 5) is 11.1. The molecule has 0 bridgehead atoms. The van der Waals surface area contributed by atoms with Gasteiger partial charge in [-0.15, -0.1) is 5.10 Å². The van der Waals surface area contributed by atoms with Gasteiger partial charge < -0.3 is 10.6 Å². The second-order valence-corrected chi connectivity index (χ2v) is 4.63. The van der Waals surface area contributed by atoms with E-state index >= 15 is 0 Å². The van der Waals surface area contributed by atoms with Crippen molar-refractivity contribution in [3.8, 4) is 6.07 Å². The number of carbonyl (C=O) groups excluding carboxylic acids is 1. The minimum Gasteiger partial charge on any atom is -0.338 e. The van der Waals surface area contributed by atoms with E-state index in [1.54, 1.807) is 18.2 Å². The zero-order valence-corrected chi connectivity index (χ0v) is 12.1. The van der Waals surface area contributed by atoms with Crippen LogP contribution in [-0.2, 0) is 4.79 Å². The molecule has 2 N–H and O–H groups in total. The summed E-state index contributed by atoms with van der Waals surface area (Å²) >= 11 is 0. The van der Waals surface area contributed by atoms with Crippen molar-refractivity contribution in [3.63, 3.8) is 0 Å². The van der Waals surface area contributed by atoms with Gasteiger partial charge in [-0.3, -0.25) is 4.79 Å². The molecule has 1 aromatic carbocycles. The maximum Gasteiger partial charge on any atom is 0.221 e. The number of nitrogens with zero attached hydrogens (tertiary/aromatic N) is 3. The van der Waals surface area contributed by atoms with E-state index in [-0.39, 0.29) is 5.91 Å². The third-order valence-corrected chi connectivity index (χ3v) is 3.01. The van der Waals surface area contributed by atoms with E-state index in [1.807, 2.05) is 19.9 Å². The van der Waals surface area contributed by atoms with Gasteiger partial charge in [-0.05, 0) is 37.6 Å². The van der Waals surface area contributed by atoms with Crippen LogP contribution in [0.5, 0.6) is 0 Å². The Hall–Kier alpha value is -2.94. The average molecular weight is 281 g/mol. The first kappa shape index (κ1) is 14.5. The maximum atomic E-state index is 11.1. The lowest BCUT2D eigenvalue weighted by atomic mass is 10.1. The number of hydrogen-bond donors (Lipinski definition) is 2. The van der Waals surface area contributed by atoms with Crippen LogP contribution in [0.4, 0.5) is 17.2 Å². The highest BCUT2D eigenvalue weighted by atomic mass is 16.1. The average Bonchev–Trinajstić information content (AvgIpc) is 2.43. The van der Waals surface area contributed by atoms with Crippen molar-refractivity contribution in [1.29, 1.82) is 5.26 Å². The fourth-order valence-electron chi connectivity index (χ4n) is 1.85. The Labute approximate surface area is 122 Å². The summed E-state index contributed by atoms with van der Waals surface area (Å²) in [6.07, 6.45) is 0. The van der Waals surface area contributed by atoms with Gasteiger partial charge in [-0.25, -0.2) is 0 Å². The van der Waals surface area contributed by atoms with Gasteiger partial charge in [-0.1, -0.05) is 6.07 Å². The number of benzene rings is 1. The maximum absolute atomic E-state index is 11.1. The van der Waals surface area contributed by atoms with Crippen molar-refractivity contribution in [1.82, 2.24) is 10.2 Å². The topological polar surface area (TPSA) is 90.7 Å². The molecule has 0 fully saturated rings. The number of aromatic nitrogens is 2. The summed E-state index contributed by atoms with van der Waals surface area (Å²) in [6.45, 7) is 5.09. The van der Waals surface area contributed by atoms with Crippen LogP contribution in [0.3, 0.4) is 0 Å². The van der Waals surface area contributed by atoms with Crippen molar-refractivity contribution < 1.29 is 4.79 Å². The molecule has 0 saturated carbocycles. The predicted molar refractivity (Wildman–Crippen MR) is 80.2 cm³/mol. The van der Waals surface area contributed by atoms with Gasteiger partial charge in [0, 0.05) is 18.3 Å². The lowest BCUT2D eigenvalue weighted by Crippen LogP contribution is -2.06. The van der Waals surface area contributed by atoms with Gasteiger partial charge in [-0.2, -0.15) is 10.4 Å². The highest BCUT2D eigenvalue weighted by Gasteiger charge is 2.11. The Morgan fingerprint density at radius 1 is 1.24 bits per heavy atom. The van der Waals surface area contributed by atoms with Gasteiger partial charge in [0.05, 0.1) is 5.69 Å². The normalized spacial score (nSPS) is 9.81. The van der Waals surface area contributed by atoms with Crippen molar-refractivity contribution in [3.05, 3.63) is 41.1 Å². The monoisotopic (exact) mass is 281 g/mol. The van der Waals surface area contributed by atoms with E-state index in [0.717, 1.165) is 16.9 Å². The molecule has 0 spiro atoms. The Morgan fingerprint density at radius 2 is 1.95 bits per heavy atom. The molecule has 2 rings (SSSR count). The molecule has 1 amide bonds. The van der Waals surface area contributed by atoms with E-state index in [0.29, 0.717) is 17.1 Å². The summed E-state index contributed by atoms with van der Waals surface area (Å²) in [5.41, 5.74) is 3.38. The van der Waals surface area contributed by atoms with Crippen LogP contribution in [-0.4, -0.2) is 16.1 Å². The standard InChI is InChI=1S/C15H15N5O/c1-9-10(2)19-20-15(14(9)8-16)18-13-6-4-5-12(7-13)17-11(3)21/h4-7H,1-3H3,(H,17,21)(H,18,20). The van der Waals surface area contributed by atoms with Gasteiger partial charge in [0.15, 0.2) is 5.82 Å². The molecule has 0 aliphatic rings. The van der Waals surface area contributed by atoms with Crippen LogP contribution in [0, 0.1) is 25.2 Å². The molecule has 0 atom stereocenters. The Balaban J connectivity index is 2.33. The number of amides is 1.